The molecule has 0 amide bonds. The molecule has 1 aliphatic rings. The Labute approximate surface area is 95.6 Å². The summed E-state index contributed by atoms with van der Waals surface area (Å²) in [7, 11) is 3.70. The fourth-order valence-corrected chi connectivity index (χ4v) is 2.67. The van der Waals surface area contributed by atoms with Crippen molar-refractivity contribution in [3.05, 3.63) is 28.3 Å². The van der Waals surface area contributed by atoms with Crippen molar-refractivity contribution < 1.29 is 4.74 Å². The van der Waals surface area contributed by atoms with E-state index in [-0.39, 0.29) is 0 Å². The number of hydrogen-bond donors (Lipinski definition) is 1. The van der Waals surface area contributed by atoms with Gasteiger partial charge in [-0.3, -0.25) is 0 Å². The van der Waals surface area contributed by atoms with E-state index < -0.39 is 0 Å². The van der Waals surface area contributed by atoms with E-state index in [9.17, 15) is 0 Å². The third kappa shape index (κ3) is 1.84. The van der Waals surface area contributed by atoms with Crippen molar-refractivity contribution in [2.45, 2.75) is 25.3 Å². The Hall–Kier alpha value is -0.730. The van der Waals surface area contributed by atoms with Crippen LogP contribution in [0.3, 0.4) is 0 Å². The lowest BCUT2D eigenvalue weighted by molar-refractivity contribution is 0.399. The van der Waals surface area contributed by atoms with Crippen molar-refractivity contribution in [1.82, 2.24) is 5.32 Å². The summed E-state index contributed by atoms with van der Waals surface area (Å²) in [5.74, 6) is 0.967. The van der Waals surface area contributed by atoms with E-state index in [1.54, 1.807) is 7.11 Å². The number of halogens is 1. The van der Waals surface area contributed by atoms with Crippen LogP contribution in [-0.4, -0.2) is 14.2 Å². The summed E-state index contributed by atoms with van der Waals surface area (Å²) in [6.07, 6.45) is 3.41. The van der Waals surface area contributed by atoms with Crippen LogP contribution in [0.4, 0.5) is 0 Å². The molecule has 2 nitrogen and oxygen atoms in total. The van der Waals surface area contributed by atoms with Crippen LogP contribution < -0.4 is 10.1 Å². The zero-order valence-corrected chi connectivity index (χ0v) is 9.90. The summed E-state index contributed by atoms with van der Waals surface area (Å²) in [6, 6.07) is 4.25. The first-order valence-corrected chi connectivity index (χ1v) is 5.68. The van der Waals surface area contributed by atoms with Crippen LogP contribution in [-0.2, 0) is 6.42 Å². The SMILES string of the molecule is CN[C@@H]1CCCc2c(OC)ccc(Cl)c21. The monoisotopic (exact) mass is 225 g/mol. The molecular formula is C12H16ClNO. The molecule has 1 atom stereocenters. The minimum absolute atomic E-state index is 0.372. The first-order chi connectivity index (χ1) is 7.27. The Bertz CT molecular complexity index is 365. The van der Waals surface area contributed by atoms with E-state index in [4.69, 9.17) is 16.3 Å². The predicted molar refractivity (Wildman–Crippen MR) is 62.7 cm³/mol. The third-order valence-electron chi connectivity index (χ3n) is 3.10. The number of methoxy groups -OCH3 is 1. The summed E-state index contributed by atoms with van der Waals surface area (Å²) >= 11 is 6.25. The molecule has 1 aromatic rings. The molecule has 0 fully saturated rings. The molecule has 1 aromatic carbocycles. The average molecular weight is 226 g/mol. The zero-order chi connectivity index (χ0) is 10.8. The van der Waals surface area contributed by atoms with E-state index in [1.807, 2.05) is 19.2 Å². The highest BCUT2D eigenvalue weighted by molar-refractivity contribution is 6.31. The van der Waals surface area contributed by atoms with Gasteiger partial charge in [-0.15, -0.1) is 0 Å². The van der Waals surface area contributed by atoms with Gasteiger partial charge in [0.15, 0.2) is 0 Å². The number of fused-ring (bicyclic) bond motifs is 1. The van der Waals surface area contributed by atoms with E-state index in [0.29, 0.717) is 6.04 Å². The summed E-state index contributed by atoms with van der Waals surface area (Å²) in [5, 5.41) is 4.16. The molecule has 0 saturated carbocycles. The van der Waals surface area contributed by atoms with Gasteiger partial charge in [-0.25, -0.2) is 0 Å². The Kier molecular flexibility index (Phi) is 3.17. The molecule has 0 bridgehead atoms. The van der Waals surface area contributed by atoms with E-state index in [2.05, 4.69) is 5.32 Å². The standard InChI is InChI=1S/C12H16ClNO/c1-14-10-5-3-4-8-11(15-2)7-6-9(13)12(8)10/h6-7,10,14H,3-5H2,1-2H3/t10-/m1/s1. The lowest BCUT2D eigenvalue weighted by Crippen LogP contribution is -2.22. The van der Waals surface area contributed by atoms with Crippen molar-refractivity contribution >= 4 is 11.6 Å². The average Bonchev–Trinajstić information content (AvgIpc) is 2.29. The minimum Gasteiger partial charge on any atom is -0.496 e. The molecule has 0 heterocycles. The van der Waals surface area contributed by atoms with E-state index >= 15 is 0 Å². The molecule has 0 radical (unpaired) electrons. The van der Waals surface area contributed by atoms with Crippen molar-refractivity contribution in [2.75, 3.05) is 14.2 Å². The Balaban J connectivity index is 2.53. The first kappa shape index (κ1) is 10.8. The van der Waals surface area contributed by atoms with Gasteiger partial charge >= 0.3 is 0 Å². The number of ether oxygens (including phenoxy) is 1. The lowest BCUT2D eigenvalue weighted by atomic mass is 9.87. The second-order valence-corrected chi connectivity index (χ2v) is 4.28. The first-order valence-electron chi connectivity index (χ1n) is 5.30. The highest BCUT2D eigenvalue weighted by Crippen LogP contribution is 2.39. The number of benzene rings is 1. The van der Waals surface area contributed by atoms with Gasteiger partial charge in [0.1, 0.15) is 5.75 Å². The van der Waals surface area contributed by atoms with Crippen molar-refractivity contribution in [3.63, 3.8) is 0 Å². The van der Waals surface area contributed by atoms with Crippen molar-refractivity contribution in [1.29, 1.82) is 0 Å². The maximum Gasteiger partial charge on any atom is 0.122 e. The minimum atomic E-state index is 0.372. The summed E-state index contributed by atoms with van der Waals surface area (Å²) < 4.78 is 5.37. The molecule has 1 aliphatic carbocycles. The lowest BCUT2D eigenvalue weighted by Gasteiger charge is -2.27. The van der Waals surface area contributed by atoms with Crippen LogP contribution in [0.1, 0.15) is 30.0 Å². The van der Waals surface area contributed by atoms with E-state index in [1.165, 1.54) is 17.5 Å². The zero-order valence-electron chi connectivity index (χ0n) is 9.14. The molecule has 15 heavy (non-hydrogen) atoms. The third-order valence-corrected chi connectivity index (χ3v) is 3.43. The largest absolute Gasteiger partial charge is 0.496 e. The highest BCUT2D eigenvalue weighted by atomic mass is 35.5. The van der Waals surface area contributed by atoms with E-state index in [0.717, 1.165) is 23.6 Å². The number of rotatable bonds is 2. The molecule has 2 rings (SSSR count). The Morgan fingerprint density at radius 2 is 2.27 bits per heavy atom. The van der Waals surface area contributed by atoms with Crippen LogP contribution in [0.5, 0.6) is 5.75 Å². The molecule has 0 saturated heterocycles. The van der Waals surface area contributed by atoms with Gasteiger partial charge in [-0.1, -0.05) is 11.6 Å². The van der Waals surface area contributed by atoms with Crippen molar-refractivity contribution in [2.24, 2.45) is 0 Å². The fraction of sp³-hybridized carbons (Fsp3) is 0.500. The molecule has 0 aliphatic heterocycles. The molecule has 82 valence electrons. The molecular weight excluding hydrogens is 210 g/mol. The Morgan fingerprint density at radius 3 is 2.93 bits per heavy atom. The molecule has 0 aromatic heterocycles. The van der Waals surface area contributed by atoms with Crippen LogP contribution >= 0.6 is 11.6 Å². The molecule has 1 N–H and O–H groups in total. The van der Waals surface area contributed by atoms with Crippen LogP contribution in [0.15, 0.2) is 12.1 Å². The quantitative estimate of drug-likeness (QED) is 0.836. The van der Waals surface area contributed by atoms with Crippen molar-refractivity contribution in [3.8, 4) is 5.75 Å². The summed E-state index contributed by atoms with van der Waals surface area (Å²) in [6.45, 7) is 0. The maximum absolute atomic E-state index is 6.25. The van der Waals surface area contributed by atoms with Gasteiger partial charge in [-0.2, -0.15) is 0 Å². The number of nitrogens with one attached hydrogen (secondary N) is 1. The van der Waals surface area contributed by atoms with Gasteiger partial charge in [0.2, 0.25) is 0 Å². The second kappa shape index (κ2) is 4.42. The fourth-order valence-electron chi connectivity index (χ4n) is 2.36. The Morgan fingerprint density at radius 1 is 1.47 bits per heavy atom. The normalized spacial score (nSPS) is 19.8. The van der Waals surface area contributed by atoms with Gasteiger partial charge in [-0.05, 0) is 44.0 Å². The molecule has 0 unspecified atom stereocenters. The van der Waals surface area contributed by atoms with Gasteiger partial charge in [0.25, 0.3) is 0 Å². The summed E-state index contributed by atoms with van der Waals surface area (Å²) in [5.41, 5.74) is 2.50. The molecule has 3 heteroatoms. The maximum atomic E-state index is 6.25. The number of hydrogen-bond acceptors (Lipinski definition) is 2. The second-order valence-electron chi connectivity index (χ2n) is 3.88. The van der Waals surface area contributed by atoms with Crippen LogP contribution in [0.2, 0.25) is 5.02 Å². The highest BCUT2D eigenvalue weighted by Gasteiger charge is 2.24. The van der Waals surface area contributed by atoms with Crippen LogP contribution in [0.25, 0.3) is 0 Å². The molecule has 0 spiro atoms. The van der Waals surface area contributed by atoms with Crippen LogP contribution in [0, 0.1) is 0 Å². The predicted octanol–water partition coefficient (Wildman–Crippen LogP) is 2.95. The summed E-state index contributed by atoms with van der Waals surface area (Å²) in [4.78, 5) is 0. The van der Waals surface area contributed by atoms with Gasteiger partial charge in [0, 0.05) is 16.6 Å². The smallest absolute Gasteiger partial charge is 0.122 e. The van der Waals surface area contributed by atoms with Gasteiger partial charge < -0.3 is 10.1 Å². The topological polar surface area (TPSA) is 21.3 Å². The van der Waals surface area contributed by atoms with Gasteiger partial charge in [0.05, 0.1) is 7.11 Å².